The SMILES string of the molecule is CC[C@@H](C(=O)NCC(C)C)N(Cc1ccccc1Cl)C(=O)COc1cc(OC)cc(OC)c1. The van der Waals surface area contributed by atoms with E-state index in [9.17, 15) is 9.59 Å². The van der Waals surface area contributed by atoms with E-state index in [4.69, 9.17) is 25.8 Å². The number of ether oxygens (including phenoxy) is 3. The van der Waals surface area contributed by atoms with Gasteiger partial charge in [-0.05, 0) is 24.0 Å². The second-order valence-corrected chi connectivity index (χ2v) is 8.42. The van der Waals surface area contributed by atoms with Crippen LogP contribution in [0.25, 0.3) is 0 Å². The van der Waals surface area contributed by atoms with E-state index in [-0.39, 0.29) is 25.0 Å². The Bertz CT molecular complexity index is 913. The summed E-state index contributed by atoms with van der Waals surface area (Å²) in [4.78, 5) is 27.8. The number of rotatable bonds is 12. The summed E-state index contributed by atoms with van der Waals surface area (Å²) in [5.41, 5.74) is 0.755. The Morgan fingerprint density at radius 1 is 1.03 bits per heavy atom. The second kappa shape index (κ2) is 12.9. The van der Waals surface area contributed by atoms with Crippen LogP contribution in [0.2, 0.25) is 5.02 Å². The van der Waals surface area contributed by atoms with Crippen molar-refractivity contribution >= 4 is 23.4 Å². The number of carbonyl (C=O) groups is 2. The van der Waals surface area contributed by atoms with Gasteiger partial charge >= 0.3 is 0 Å². The quantitative estimate of drug-likeness (QED) is 0.493. The first kappa shape index (κ1) is 26.3. The summed E-state index contributed by atoms with van der Waals surface area (Å²) in [7, 11) is 3.08. The second-order valence-electron chi connectivity index (χ2n) is 8.01. The Morgan fingerprint density at radius 3 is 2.18 bits per heavy atom. The lowest BCUT2D eigenvalue weighted by atomic mass is 10.1. The number of halogens is 1. The highest BCUT2D eigenvalue weighted by atomic mass is 35.5. The van der Waals surface area contributed by atoms with Gasteiger partial charge in [-0.2, -0.15) is 0 Å². The lowest BCUT2D eigenvalue weighted by molar-refractivity contribution is -0.143. The summed E-state index contributed by atoms with van der Waals surface area (Å²) in [5, 5.41) is 3.47. The fourth-order valence-electron chi connectivity index (χ4n) is 3.24. The molecule has 0 aliphatic rings. The number of amides is 2. The minimum Gasteiger partial charge on any atom is -0.496 e. The molecule has 8 heteroatoms. The molecule has 0 saturated heterocycles. The highest BCUT2D eigenvalue weighted by molar-refractivity contribution is 6.31. The zero-order valence-corrected chi connectivity index (χ0v) is 20.6. The first-order valence-corrected chi connectivity index (χ1v) is 11.3. The molecule has 0 heterocycles. The molecule has 0 radical (unpaired) electrons. The molecule has 0 bridgehead atoms. The molecular weight excluding hydrogens is 444 g/mol. The van der Waals surface area contributed by atoms with Crippen molar-refractivity contribution in [2.75, 3.05) is 27.4 Å². The normalized spacial score (nSPS) is 11.6. The third-order valence-corrected chi connectivity index (χ3v) is 5.42. The molecule has 1 atom stereocenters. The maximum atomic E-state index is 13.3. The topological polar surface area (TPSA) is 77.1 Å². The highest BCUT2D eigenvalue weighted by Crippen LogP contribution is 2.27. The predicted molar refractivity (Wildman–Crippen MR) is 129 cm³/mol. The summed E-state index contributed by atoms with van der Waals surface area (Å²) >= 11 is 6.35. The lowest BCUT2D eigenvalue weighted by Gasteiger charge is -2.31. The van der Waals surface area contributed by atoms with Crippen molar-refractivity contribution in [1.82, 2.24) is 10.2 Å². The summed E-state index contributed by atoms with van der Waals surface area (Å²) in [6.07, 6.45) is 0.451. The molecule has 0 spiro atoms. The van der Waals surface area contributed by atoms with Gasteiger partial charge in [-0.1, -0.05) is 50.6 Å². The molecule has 2 aromatic carbocycles. The number of hydrogen-bond acceptors (Lipinski definition) is 5. The summed E-state index contributed by atoms with van der Waals surface area (Å²) < 4.78 is 16.3. The molecule has 0 unspecified atom stereocenters. The van der Waals surface area contributed by atoms with Crippen LogP contribution in [0, 0.1) is 5.92 Å². The highest BCUT2D eigenvalue weighted by Gasteiger charge is 2.29. The van der Waals surface area contributed by atoms with Gasteiger partial charge in [-0.25, -0.2) is 0 Å². The average Bonchev–Trinajstić information content (AvgIpc) is 2.81. The van der Waals surface area contributed by atoms with Gasteiger partial charge in [0.2, 0.25) is 5.91 Å². The summed E-state index contributed by atoms with van der Waals surface area (Å²) in [6, 6.07) is 11.7. The molecular formula is C25H33ClN2O5. The van der Waals surface area contributed by atoms with Crippen molar-refractivity contribution in [3.63, 3.8) is 0 Å². The number of hydrogen-bond donors (Lipinski definition) is 1. The fourth-order valence-corrected chi connectivity index (χ4v) is 3.44. The van der Waals surface area contributed by atoms with Crippen LogP contribution in [0.3, 0.4) is 0 Å². The molecule has 0 aliphatic carbocycles. The van der Waals surface area contributed by atoms with Crippen LogP contribution in [-0.4, -0.2) is 50.1 Å². The van der Waals surface area contributed by atoms with Crippen molar-refractivity contribution in [2.24, 2.45) is 5.92 Å². The van der Waals surface area contributed by atoms with Gasteiger partial charge in [0.15, 0.2) is 6.61 Å². The van der Waals surface area contributed by atoms with Crippen LogP contribution in [0.5, 0.6) is 17.2 Å². The van der Waals surface area contributed by atoms with Gasteiger partial charge in [-0.3, -0.25) is 9.59 Å². The van der Waals surface area contributed by atoms with E-state index in [1.165, 1.54) is 19.1 Å². The standard InChI is InChI=1S/C25H33ClN2O5/c1-6-23(25(30)27-14-17(2)3)28(15-18-9-7-8-10-22(18)26)24(29)16-33-21-12-19(31-4)11-20(13-21)32-5/h7-13,17,23H,6,14-16H2,1-5H3,(H,27,30)/t23-/m0/s1. The Labute approximate surface area is 201 Å². The van der Waals surface area contributed by atoms with Gasteiger partial charge in [0.25, 0.3) is 5.91 Å². The first-order chi connectivity index (χ1) is 15.8. The smallest absolute Gasteiger partial charge is 0.261 e. The van der Waals surface area contributed by atoms with Gasteiger partial charge in [0.1, 0.15) is 23.3 Å². The first-order valence-electron chi connectivity index (χ1n) is 10.9. The van der Waals surface area contributed by atoms with Crippen LogP contribution >= 0.6 is 11.6 Å². The number of nitrogens with one attached hydrogen (secondary N) is 1. The molecule has 1 N–H and O–H groups in total. The number of benzene rings is 2. The van der Waals surface area contributed by atoms with E-state index in [0.29, 0.717) is 41.2 Å². The Morgan fingerprint density at radius 2 is 1.64 bits per heavy atom. The van der Waals surface area contributed by atoms with Crippen LogP contribution < -0.4 is 19.5 Å². The average molecular weight is 477 g/mol. The van der Waals surface area contributed by atoms with Crippen molar-refractivity contribution in [3.8, 4) is 17.2 Å². The monoisotopic (exact) mass is 476 g/mol. The minimum absolute atomic E-state index is 0.191. The number of carbonyl (C=O) groups excluding carboxylic acids is 2. The summed E-state index contributed by atoms with van der Waals surface area (Å²) in [6.45, 7) is 6.38. The fraction of sp³-hybridized carbons (Fsp3) is 0.440. The van der Waals surface area contributed by atoms with E-state index in [1.807, 2.05) is 39.0 Å². The van der Waals surface area contributed by atoms with Crippen molar-refractivity contribution < 1.29 is 23.8 Å². The van der Waals surface area contributed by atoms with E-state index in [1.54, 1.807) is 24.3 Å². The molecule has 0 saturated carbocycles. The molecule has 2 aromatic rings. The zero-order valence-electron chi connectivity index (χ0n) is 19.9. The maximum Gasteiger partial charge on any atom is 0.261 e. The summed E-state index contributed by atoms with van der Waals surface area (Å²) in [5.74, 6) is 1.28. The van der Waals surface area contributed by atoms with Crippen molar-refractivity contribution in [1.29, 1.82) is 0 Å². The van der Waals surface area contributed by atoms with Crippen molar-refractivity contribution in [3.05, 3.63) is 53.1 Å². The zero-order chi connectivity index (χ0) is 24.4. The number of methoxy groups -OCH3 is 2. The molecule has 2 rings (SSSR count). The van der Waals surface area contributed by atoms with Gasteiger partial charge in [0.05, 0.1) is 14.2 Å². The Balaban J connectivity index is 2.25. The van der Waals surface area contributed by atoms with Gasteiger partial charge < -0.3 is 24.4 Å². The van der Waals surface area contributed by atoms with Crippen LogP contribution in [0.1, 0.15) is 32.8 Å². The Kier molecular flexibility index (Phi) is 10.3. The Hall–Kier alpha value is -2.93. The molecule has 7 nitrogen and oxygen atoms in total. The number of nitrogens with zero attached hydrogens (tertiary/aromatic N) is 1. The molecule has 2 amide bonds. The van der Waals surface area contributed by atoms with Crippen LogP contribution in [-0.2, 0) is 16.1 Å². The third kappa shape index (κ3) is 7.86. The largest absolute Gasteiger partial charge is 0.496 e. The van der Waals surface area contributed by atoms with E-state index < -0.39 is 6.04 Å². The van der Waals surface area contributed by atoms with Crippen LogP contribution in [0.4, 0.5) is 0 Å². The van der Waals surface area contributed by atoms with Crippen molar-refractivity contribution in [2.45, 2.75) is 39.8 Å². The minimum atomic E-state index is -0.657. The molecule has 33 heavy (non-hydrogen) atoms. The maximum absolute atomic E-state index is 13.3. The van der Waals surface area contributed by atoms with Crippen LogP contribution in [0.15, 0.2) is 42.5 Å². The molecule has 0 fully saturated rings. The van der Waals surface area contributed by atoms with Gasteiger partial charge in [-0.15, -0.1) is 0 Å². The molecule has 0 aromatic heterocycles. The molecule has 0 aliphatic heterocycles. The third-order valence-electron chi connectivity index (χ3n) is 5.06. The van der Waals surface area contributed by atoms with Gasteiger partial charge in [0, 0.05) is 36.3 Å². The van der Waals surface area contributed by atoms with E-state index in [0.717, 1.165) is 5.56 Å². The lowest BCUT2D eigenvalue weighted by Crippen LogP contribution is -2.50. The molecule has 180 valence electrons. The van der Waals surface area contributed by atoms with E-state index >= 15 is 0 Å². The predicted octanol–water partition coefficient (Wildman–Crippen LogP) is 4.32. The van der Waals surface area contributed by atoms with E-state index in [2.05, 4.69) is 5.32 Å².